The van der Waals surface area contributed by atoms with Gasteiger partial charge in [0.05, 0.1) is 6.54 Å². The van der Waals surface area contributed by atoms with Gasteiger partial charge in [0.25, 0.3) is 0 Å². The summed E-state index contributed by atoms with van der Waals surface area (Å²) in [6, 6.07) is 0.434. The SMILES string of the molecule is CCC(CNC1CC1)N(CC(F)(F)F)C(C)C. The van der Waals surface area contributed by atoms with Crippen LogP contribution < -0.4 is 5.32 Å². The molecule has 17 heavy (non-hydrogen) atoms. The van der Waals surface area contributed by atoms with E-state index in [9.17, 15) is 13.2 Å². The normalized spacial score (nSPS) is 19.1. The van der Waals surface area contributed by atoms with E-state index in [1.807, 2.05) is 20.8 Å². The summed E-state index contributed by atoms with van der Waals surface area (Å²) in [6.45, 7) is 5.45. The first kappa shape index (κ1) is 14.8. The highest BCUT2D eigenvalue weighted by Gasteiger charge is 2.35. The topological polar surface area (TPSA) is 15.3 Å². The zero-order valence-electron chi connectivity index (χ0n) is 10.8. The first-order valence-electron chi connectivity index (χ1n) is 6.39. The zero-order chi connectivity index (χ0) is 13.1. The molecule has 0 aliphatic heterocycles. The molecule has 0 aromatic rings. The Morgan fingerprint density at radius 3 is 2.24 bits per heavy atom. The molecule has 0 saturated heterocycles. The van der Waals surface area contributed by atoms with Crippen molar-refractivity contribution in [2.24, 2.45) is 0 Å². The molecule has 1 fully saturated rings. The molecule has 1 unspecified atom stereocenters. The first-order valence-corrected chi connectivity index (χ1v) is 6.39. The van der Waals surface area contributed by atoms with Crippen molar-refractivity contribution in [1.82, 2.24) is 10.2 Å². The van der Waals surface area contributed by atoms with E-state index in [0.29, 0.717) is 12.6 Å². The molecule has 0 radical (unpaired) electrons. The summed E-state index contributed by atoms with van der Waals surface area (Å²) in [5, 5.41) is 3.32. The molecule has 0 aromatic heterocycles. The van der Waals surface area contributed by atoms with E-state index in [0.717, 1.165) is 19.3 Å². The number of nitrogens with one attached hydrogen (secondary N) is 1. The fraction of sp³-hybridized carbons (Fsp3) is 1.00. The number of hydrogen-bond donors (Lipinski definition) is 1. The summed E-state index contributed by atoms with van der Waals surface area (Å²) in [6.07, 6.45) is -1.04. The highest BCUT2D eigenvalue weighted by Crippen LogP contribution is 2.22. The molecule has 1 aliphatic rings. The van der Waals surface area contributed by atoms with Crippen LogP contribution in [0.25, 0.3) is 0 Å². The van der Waals surface area contributed by atoms with Crippen molar-refractivity contribution >= 4 is 0 Å². The van der Waals surface area contributed by atoms with Crippen molar-refractivity contribution in [3.05, 3.63) is 0 Å². The lowest BCUT2D eigenvalue weighted by Crippen LogP contribution is -2.49. The second-order valence-electron chi connectivity index (χ2n) is 5.13. The van der Waals surface area contributed by atoms with Crippen molar-refractivity contribution in [1.29, 1.82) is 0 Å². The summed E-state index contributed by atoms with van der Waals surface area (Å²) in [5.74, 6) is 0. The van der Waals surface area contributed by atoms with Crippen molar-refractivity contribution < 1.29 is 13.2 Å². The first-order chi connectivity index (χ1) is 7.83. The largest absolute Gasteiger partial charge is 0.401 e. The number of hydrogen-bond acceptors (Lipinski definition) is 2. The molecule has 102 valence electrons. The van der Waals surface area contributed by atoms with E-state index < -0.39 is 12.7 Å². The van der Waals surface area contributed by atoms with Gasteiger partial charge >= 0.3 is 6.18 Å². The fourth-order valence-corrected chi connectivity index (χ4v) is 2.03. The molecular formula is C12H23F3N2. The second-order valence-corrected chi connectivity index (χ2v) is 5.13. The lowest BCUT2D eigenvalue weighted by molar-refractivity contribution is -0.155. The van der Waals surface area contributed by atoms with Crippen LogP contribution in [0.15, 0.2) is 0 Å². The Hall–Kier alpha value is -0.290. The Kier molecular flexibility index (Phi) is 5.25. The second kappa shape index (κ2) is 6.05. The van der Waals surface area contributed by atoms with Gasteiger partial charge in [0.15, 0.2) is 0 Å². The van der Waals surface area contributed by atoms with Crippen LogP contribution in [0.1, 0.15) is 40.0 Å². The fourth-order valence-electron chi connectivity index (χ4n) is 2.03. The van der Waals surface area contributed by atoms with Gasteiger partial charge in [-0.3, -0.25) is 4.90 Å². The third kappa shape index (κ3) is 5.73. The molecule has 1 rings (SSSR count). The molecule has 5 heteroatoms. The van der Waals surface area contributed by atoms with Crippen molar-refractivity contribution in [3.63, 3.8) is 0 Å². The maximum Gasteiger partial charge on any atom is 0.401 e. The quantitative estimate of drug-likeness (QED) is 0.749. The Bertz CT molecular complexity index is 224. The molecule has 1 aliphatic carbocycles. The Balaban J connectivity index is 2.51. The van der Waals surface area contributed by atoms with Crippen molar-refractivity contribution in [2.45, 2.75) is 64.3 Å². The lowest BCUT2D eigenvalue weighted by atomic mass is 10.1. The Morgan fingerprint density at radius 1 is 1.29 bits per heavy atom. The third-order valence-electron chi connectivity index (χ3n) is 3.18. The summed E-state index contributed by atoms with van der Waals surface area (Å²) in [5.41, 5.74) is 0. The Morgan fingerprint density at radius 2 is 1.88 bits per heavy atom. The minimum absolute atomic E-state index is 0.0303. The molecule has 1 N–H and O–H groups in total. The van der Waals surface area contributed by atoms with Crippen LogP contribution in [0, 0.1) is 0 Å². The van der Waals surface area contributed by atoms with Crippen LogP contribution in [-0.2, 0) is 0 Å². The minimum atomic E-state index is -4.11. The highest BCUT2D eigenvalue weighted by molar-refractivity contribution is 4.85. The van der Waals surface area contributed by atoms with E-state index in [1.54, 1.807) is 4.90 Å². The number of nitrogens with zero attached hydrogens (tertiary/aromatic N) is 1. The molecule has 0 spiro atoms. The van der Waals surface area contributed by atoms with Crippen molar-refractivity contribution in [2.75, 3.05) is 13.1 Å². The summed E-state index contributed by atoms with van der Waals surface area (Å²) >= 11 is 0. The predicted molar refractivity (Wildman–Crippen MR) is 63.0 cm³/mol. The van der Waals surface area contributed by atoms with Gasteiger partial charge in [-0.1, -0.05) is 6.92 Å². The van der Waals surface area contributed by atoms with Crippen LogP contribution >= 0.6 is 0 Å². The third-order valence-corrected chi connectivity index (χ3v) is 3.18. The summed E-state index contributed by atoms with van der Waals surface area (Å²) in [4.78, 5) is 1.55. The van der Waals surface area contributed by atoms with Crippen molar-refractivity contribution in [3.8, 4) is 0 Å². The number of rotatable bonds is 7. The average molecular weight is 252 g/mol. The van der Waals surface area contributed by atoms with Gasteiger partial charge < -0.3 is 5.32 Å². The van der Waals surface area contributed by atoms with E-state index in [-0.39, 0.29) is 12.1 Å². The maximum absolute atomic E-state index is 12.5. The van der Waals surface area contributed by atoms with Gasteiger partial charge in [-0.15, -0.1) is 0 Å². The zero-order valence-corrected chi connectivity index (χ0v) is 10.8. The van der Waals surface area contributed by atoms with Crippen LogP contribution in [0.3, 0.4) is 0 Å². The summed E-state index contributed by atoms with van der Waals surface area (Å²) in [7, 11) is 0. The van der Waals surface area contributed by atoms with Gasteiger partial charge in [-0.05, 0) is 33.1 Å². The van der Waals surface area contributed by atoms with Gasteiger partial charge in [0.2, 0.25) is 0 Å². The van der Waals surface area contributed by atoms with Gasteiger partial charge in [-0.25, -0.2) is 0 Å². The van der Waals surface area contributed by atoms with Gasteiger partial charge in [0.1, 0.15) is 0 Å². The molecule has 0 bridgehead atoms. The lowest BCUT2D eigenvalue weighted by Gasteiger charge is -2.35. The van der Waals surface area contributed by atoms with E-state index in [2.05, 4.69) is 5.32 Å². The molecular weight excluding hydrogens is 229 g/mol. The molecule has 0 heterocycles. The van der Waals surface area contributed by atoms with E-state index >= 15 is 0 Å². The van der Waals surface area contributed by atoms with Crippen LogP contribution in [0.5, 0.6) is 0 Å². The van der Waals surface area contributed by atoms with Gasteiger partial charge in [0, 0.05) is 24.7 Å². The minimum Gasteiger partial charge on any atom is -0.312 e. The highest BCUT2D eigenvalue weighted by atomic mass is 19.4. The van der Waals surface area contributed by atoms with E-state index in [4.69, 9.17) is 0 Å². The molecule has 0 aromatic carbocycles. The molecule has 2 nitrogen and oxygen atoms in total. The predicted octanol–water partition coefficient (Wildman–Crippen LogP) is 2.79. The molecule has 0 amide bonds. The van der Waals surface area contributed by atoms with Crippen LogP contribution in [-0.4, -0.2) is 42.3 Å². The van der Waals surface area contributed by atoms with Crippen LogP contribution in [0.4, 0.5) is 13.2 Å². The number of alkyl halides is 3. The monoisotopic (exact) mass is 252 g/mol. The van der Waals surface area contributed by atoms with Crippen LogP contribution in [0.2, 0.25) is 0 Å². The van der Waals surface area contributed by atoms with E-state index in [1.165, 1.54) is 0 Å². The molecule has 1 saturated carbocycles. The smallest absolute Gasteiger partial charge is 0.312 e. The Labute approximate surface area is 102 Å². The standard InChI is InChI=1S/C12H23F3N2/c1-4-11(7-16-10-5-6-10)17(9(2)3)8-12(13,14)15/h9-11,16H,4-8H2,1-3H3. The average Bonchev–Trinajstić information content (AvgIpc) is 2.98. The summed E-state index contributed by atoms with van der Waals surface area (Å²) < 4.78 is 37.5. The maximum atomic E-state index is 12.5. The number of halogens is 3. The molecule has 1 atom stereocenters. The van der Waals surface area contributed by atoms with Gasteiger partial charge in [-0.2, -0.15) is 13.2 Å².